The summed E-state index contributed by atoms with van der Waals surface area (Å²) in [4.78, 5) is 27.4. The van der Waals surface area contributed by atoms with E-state index in [-0.39, 0.29) is 11.8 Å². The highest BCUT2D eigenvalue weighted by Crippen LogP contribution is 2.25. The minimum absolute atomic E-state index is 0.0669. The molecule has 0 bridgehead atoms. The molecule has 2 heterocycles. The van der Waals surface area contributed by atoms with E-state index in [1.807, 2.05) is 41.1 Å². The Morgan fingerprint density at radius 2 is 1.96 bits per heavy atom. The topological polar surface area (TPSA) is 49.4 Å². The number of hydrogen-bond acceptors (Lipinski definition) is 4. The molecule has 4 nitrogen and oxygen atoms in total. The number of rotatable bonds is 3. The van der Waals surface area contributed by atoms with Crippen LogP contribution in [0.5, 0.6) is 0 Å². The van der Waals surface area contributed by atoms with Crippen molar-refractivity contribution in [3.05, 3.63) is 50.1 Å². The van der Waals surface area contributed by atoms with Gasteiger partial charge in [0.1, 0.15) is 4.88 Å². The highest BCUT2D eigenvalue weighted by atomic mass is 79.9. The Bertz CT molecular complexity index is 770. The van der Waals surface area contributed by atoms with E-state index in [4.69, 9.17) is 0 Å². The molecular formula is C17H17BrN2O2S2. The maximum atomic E-state index is 12.5. The van der Waals surface area contributed by atoms with Crippen molar-refractivity contribution < 1.29 is 9.59 Å². The van der Waals surface area contributed by atoms with Crippen molar-refractivity contribution in [3.63, 3.8) is 0 Å². The van der Waals surface area contributed by atoms with Gasteiger partial charge in [-0.25, -0.2) is 0 Å². The first-order chi connectivity index (χ1) is 11.6. The van der Waals surface area contributed by atoms with Gasteiger partial charge in [0.25, 0.3) is 11.8 Å². The summed E-state index contributed by atoms with van der Waals surface area (Å²) in [6, 6.07) is 7.30. The molecule has 0 unspecified atom stereocenters. The number of amides is 2. The van der Waals surface area contributed by atoms with Gasteiger partial charge in [-0.2, -0.15) is 11.8 Å². The van der Waals surface area contributed by atoms with Crippen LogP contribution in [0.3, 0.4) is 0 Å². The molecule has 7 heteroatoms. The van der Waals surface area contributed by atoms with Crippen molar-refractivity contribution in [1.82, 2.24) is 4.90 Å². The van der Waals surface area contributed by atoms with Gasteiger partial charge in [-0.1, -0.05) is 0 Å². The number of hydrogen-bond donors (Lipinski definition) is 1. The first-order valence-corrected chi connectivity index (χ1v) is 10.4. The lowest BCUT2D eigenvalue weighted by atomic mass is 10.1. The third kappa shape index (κ3) is 3.84. The molecule has 2 amide bonds. The number of carbonyl (C=O) groups excluding carboxylic acids is 2. The van der Waals surface area contributed by atoms with Gasteiger partial charge in [0.15, 0.2) is 0 Å². The number of anilines is 1. The summed E-state index contributed by atoms with van der Waals surface area (Å²) >= 11 is 6.64. The molecule has 1 fully saturated rings. The molecule has 0 spiro atoms. The molecule has 1 aromatic heterocycles. The lowest BCUT2D eigenvalue weighted by Crippen LogP contribution is -2.37. The van der Waals surface area contributed by atoms with Crippen LogP contribution in [0.25, 0.3) is 0 Å². The van der Waals surface area contributed by atoms with E-state index in [0.29, 0.717) is 10.4 Å². The molecule has 1 N–H and O–H groups in total. The average molecular weight is 425 g/mol. The monoisotopic (exact) mass is 424 g/mol. The van der Waals surface area contributed by atoms with E-state index in [2.05, 4.69) is 21.2 Å². The highest BCUT2D eigenvalue weighted by molar-refractivity contribution is 9.10. The van der Waals surface area contributed by atoms with E-state index in [1.165, 1.54) is 11.3 Å². The molecule has 0 saturated carbocycles. The summed E-state index contributed by atoms with van der Waals surface area (Å²) in [5.41, 5.74) is 2.29. The molecule has 0 atom stereocenters. The fourth-order valence-corrected chi connectivity index (χ4v) is 4.87. The van der Waals surface area contributed by atoms with Crippen LogP contribution in [0.15, 0.2) is 34.1 Å². The van der Waals surface area contributed by atoms with Gasteiger partial charge in [-0.15, -0.1) is 11.3 Å². The minimum Gasteiger partial charge on any atom is -0.337 e. The van der Waals surface area contributed by atoms with Crippen LogP contribution < -0.4 is 5.32 Å². The normalized spacial score (nSPS) is 14.5. The molecule has 0 aliphatic carbocycles. The average Bonchev–Trinajstić information content (AvgIpc) is 3.03. The van der Waals surface area contributed by atoms with E-state index in [0.717, 1.165) is 40.3 Å². The second-order valence-electron chi connectivity index (χ2n) is 5.49. The van der Waals surface area contributed by atoms with Crippen molar-refractivity contribution in [1.29, 1.82) is 0 Å². The molecule has 0 radical (unpaired) electrons. The summed E-state index contributed by atoms with van der Waals surface area (Å²) < 4.78 is 0.789. The first-order valence-electron chi connectivity index (χ1n) is 7.58. The van der Waals surface area contributed by atoms with Gasteiger partial charge < -0.3 is 10.2 Å². The Morgan fingerprint density at radius 1 is 1.21 bits per heavy atom. The molecule has 3 rings (SSSR count). The molecule has 1 aliphatic rings. The Balaban J connectivity index is 1.74. The van der Waals surface area contributed by atoms with Crippen molar-refractivity contribution in [2.24, 2.45) is 0 Å². The van der Waals surface area contributed by atoms with E-state index in [9.17, 15) is 9.59 Å². The molecule has 1 aliphatic heterocycles. The zero-order chi connectivity index (χ0) is 17.1. The maximum Gasteiger partial charge on any atom is 0.266 e. The smallest absolute Gasteiger partial charge is 0.266 e. The van der Waals surface area contributed by atoms with Gasteiger partial charge in [0.2, 0.25) is 0 Å². The standard InChI is InChI=1S/C17H17BrN2O2S2/c1-11-10-12(17(22)20-5-8-23-9-6-20)2-3-14(11)19-16(21)15-13(18)4-7-24-15/h2-4,7,10H,5-6,8-9H2,1H3,(H,19,21). The number of thiophene rings is 1. The van der Waals surface area contributed by atoms with Crippen molar-refractivity contribution in [2.45, 2.75) is 6.92 Å². The van der Waals surface area contributed by atoms with Gasteiger partial charge in [0.05, 0.1) is 0 Å². The zero-order valence-electron chi connectivity index (χ0n) is 13.2. The number of aryl methyl sites for hydroxylation is 1. The summed E-state index contributed by atoms with van der Waals surface area (Å²) in [6.45, 7) is 3.50. The van der Waals surface area contributed by atoms with Gasteiger partial charge >= 0.3 is 0 Å². The fourth-order valence-electron chi connectivity index (χ4n) is 2.52. The van der Waals surface area contributed by atoms with Crippen LogP contribution in [-0.4, -0.2) is 41.3 Å². The molecule has 24 heavy (non-hydrogen) atoms. The Labute approximate surface area is 157 Å². The first kappa shape index (κ1) is 17.5. The van der Waals surface area contributed by atoms with Crippen LogP contribution in [0, 0.1) is 6.92 Å². The second kappa shape index (κ2) is 7.72. The van der Waals surface area contributed by atoms with Crippen LogP contribution in [-0.2, 0) is 0 Å². The summed E-state index contributed by atoms with van der Waals surface area (Å²) in [7, 11) is 0. The fraction of sp³-hybridized carbons (Fsp3) is 0.294. The van der Waals surface area contributed by atoms with Gasteiger partial charge in [0, 0.05) is 40.3 Å². The number of thioether (sulfide) groups is 1. The molecule has 1 saturated heterocycles. The number of nitrogens with one attached hydrogen (secondary N) is 1. The van der Waals surface area contributed by atoms with Crippen LogP contribution in [0.1, 0.15) is 25.6 Å². The lowest BCUT2D eigenvalue weighted by Gasteiger charge is -2.26. The molecular weight excluding hydrogens is 408 g/mol. The second-order valence-corrected chi connectivity index (χ2v) is 8.48. The highest BCUT2D eigenvalue weighted by Gasteiger charge is 2.19. The SMILES string of the molecule is Cc1cc(C(=O)N2CCSCC2)ccc1NC(=O)c1sccc1Br. The third-order valence-corrected chi connectivity index (χ3v) is 6.62. The third-order valence-electron chi connectivity index (χ3n) is 3.84. The van der Waals surface area contributed by atoms with Gasteiger partial charge in [-0.05, 0) is 58.1 Å². The Morgan fingerprint density at radius 3 is 2.58 bits per heavy atom. The summed E-state index contributed by atoms with van der Waals surface area (Å²) in [5, 5.41) is 4.78. The van der Waals surface area contributed by atoms with E-state index < -0.39 is 0 Å². The van der Waals surface area contributed by atoms with Crippen molar-refractivity contribution in [2.75, 3.05) is 29.9 Å². The van der Waals surface area contributed by atoms with Crippen molar-refractivity contribution in [3.8, 4) is 0 Å². The van der Waals surface area contributed by atoms with Gasteiger partial charge in [-0.3, -0.25) is 9.59 Å². The zero-order valence-corrected chi connectivity index (χ0v) is 16.4. The quantitative estimate of drug-likeness (QED) is 0.800. The Kier molecular flexibility index (Phi) is 5.63. The van der Waals surface area contributed by atoms with E-state index >= 15 is 0 Å². The molecule has 126 valence electrons. The maximum absolute atomic E-state index is 12.5. The van der Waals surface area contributed by atoms with Crippen molar-refractivity contribution >= 4 is 56.5 Å². The predicted octanol–water partition coefficient (Wildman–Crippen LogP) is 4.26. The minimum atomic E-state index is -0.146. The van der Waals surface area contributed by atoms with Crippen LogP contribution in [0.4, 0.5) is 5.69 Å². The Hall–Kier alpha value is -1.31. The predicted molar refractivity (Wildman–Crippen MR) is 104 cm³/mol. The summed E-state index contributed by atoms with van der Waals surface area (Å²) in [6.07, 6.45) is 0. The molecule has 1 aromatic carbocycles. The summed E-state index contributed by atoms with van der Waals surface area (Å²) in [5.74, 6) is 1.91. The van der Waals surface area contributed by atoms with Crippen LogP contribution in [0.2, 0.25) is 0 Å². The van der Waals surface area contributed by atoms with E-state index in [1.54, 1.807) is 12.1 Å². The number of benzene rings is 1. The number of halogens is 1. The molecule has 2 aromatic rings. The largest absolute Gasteiger partial charge is 0.337 e. The number of nitrogens with zero attached hydrogens (tertiary/aromatic N) is 1. The lowest BCUT2D eigenvalue weighted by molar-refractivity contribution is 0.0772. The number of carbonyl (C=O) groups is 2. The van der Waals surface area contributed by atoms with Crippen LogP contribution >= 0.6 is 39.0 Å².